The average molecular weight is 345 g/mol. The number of nitrogens with two attached hydrogens (primary N) is 1. The number of alkyl carbamates (subject to hydrolysis) is 1. The van der Waals surface area contributed by atoms with E-state index in [9.17, 15) is 14.4 Å². The zero-order valence-electron chi connectivity index (χ0n) is 14.3. The van der Waals surface area contributed by atoms with Gasteiger partial charge >= 0.3 is 6.09 Å². The van der Waals surface area contributed by atoms with Crippen LogP contribution in [-0.2, 0) is 20.9 Å². The first-order chi connectivity index (χ1) is 11.8. The summed E-state index contributed by atoms with van der Waals surface area (Å²) in [6.07, 6.45) is 4.40. The van der Waals surface area contributed by atoms with Gasteiger partial charge in [-0.15, -0.1) is 12.3 Å². The molecular weight excluding hydrogens is 322 g/mol. The fourth-order valence-corrected chi connectivity index (χ4v) is 2.03. The lowest BCUT2D eigenvalue weighted by atomic mass is 10.0. The number of rotatable bonds is 8. The summed E-state index contributed by atoms with van der Waals surface area (Å²) < 4.78 is 5.10. The Balaban J connectivity index is 2.63. The summed E-state index contributed by atoms with van der Waals surface area (Å²) in [7, 11) is 0. The van der Waals surface area contributed by atoms with Crippen LogP contribution in [0.2, 0.25) is 0 Å². The van der Waals surface area contributed by atoms with E-state index >= 15 is 0 Å². The van der Waals surface area contributed by atoms with Crippen molar-refractivity contribution >= 4 is 17.9 Å². The topological polar surface area (TPSA) is 111 Å². The van der Waals surface area contributed by atoms with E-state index in [0.717, 1.165) is 5.56 Å². The van der Waals surface area contributed by atoms with Crippen LogP contribution in [0.1, 0.15) is 25.8 Å². The number of terminal acetylenes is 1. The fraction of sp³-hybridized carbons (Fsp3) is 0.389. The van der Waals surface area contributed by atoms with E-state index in [4.69, 9.17) is 16.9 Å². The van der Waals surface area contributed by atoms with Crippen molar-refractivity contribution in [1.29, 1.82) is 0 Å². The standard InChI is InChI=1S/C18H23N3O4/c1-4-8-14(16(19)22)20-17(23)15(12(2)3)21-18(24)25-11-13-9-6-5-7-10-13/h1,5-7,9-10,12,14-15H,8,11H2,2-3H3,(H2,19,22)(H,20,23)(H,21,24)/t14-,15+/m1/s1. The number of ether oxygens (including phenoxy) is 1. The molecule has 0 saturated carbocycles. The molecule has 134 valence electrons. The Hall–Kier alpha value is -3.01. The molecule has 0 bridgehead atoms. The second-order valence-electron chi connectivity index (χ2n) is 5.80. The number of amides is 3. The van der Waals surface area contributed by atoms with Crippen molar-refractivity contribution in [2.75, 3.05) is 0 Å². The summed E-state index contributed by atoms with van der Waals surface area (Å²) in [4.78, 5) is 35.6. The first-order valence-corrected chi connectivity index (χ1v) is 7.85. The molecule has 2 atom stereocenters. The minimum absolute atomic E-state index is 0.0235. The van der Waals surface area contributed by atoms with E-state index < -0.39 is 30.0 Å². The van der Waals surface area contributed by atoms with Gasteiger partial charge in [0.1, 0.15) is 18.7 Å². The second kappa shape index (κ2) is 9.98. The quantitative estimate of drug-likeness (QED) is 0.609. The van der Waals surface area contributed by atoms with Crippen molar-refractivity contribution in [2.45, 2.75) is 39.0 Å². The Bertz CT molecular complexity index is 637. The highest BCUT2D eigenvalue weighted by Gasteiger charge is 2.28. The van der Waals surface area contributed by atoms with E-state index in [1.165, 1.54) is 0 Å². The highest BCUT2D eigenvalue weighted by molar-refractivity contribution is 5.91. The van der Waals surface area contributed by atoms with E-state index in [2.05, 4.69) is 16.6 Å². The van der Waals surface area contributed by atoms with Crippen LogP contribution in [0.3, 0.4) is 0 Å². The van der Waals surface area contributed by atoms with E-state index in [1.807, 2.05) is 30.3 Å². The van der Waals surface area contributed by atoms with E-state index in [1.54, 1.807) is 13.8 Å². The van der Waals surface area contributed by atoms with Gasteiger partial charge in [-0.1, -0.05) is 44.2 Å². The number of primary amides is 1. The van der Waals surface area contributed by atoms with Crippen LogP contribution >= 0.6 is 0 Å². The van der Waals surface area contributed by atoms with Crippen molar-refractivity contribution < 1.29 is 19.1 Å². The number of carbonyl (C=O) groups is 3. The summed E-state index contributed by atoms with van der Waals surface area (Å²) in [6.45, 7) is 3.59. The van der Waals surface area contributed by atoms with Crippen LogP contribution in [0.4, 0.5) is 4.79 Å². The molecule has 0 aliphatic carbocycles. The molecule has 0 aromatic heterocycles. The molecule has 7 nitrogen and oxygen atoms in total. The van der Waals surface area contributed by atoms with Crippen LogP contribution in [0.25, 0.3) is 0 Å². The monoisotopic (exact) mass is 345 g/mol. The van der Waals surface area contributed by atoms with Crippen molar-refractivity contribution in [3.05, 3.63) is 35.9 Å². The molecule has 7 heteroatoms. The van der Waals surface area contributed by atoms with Crippen LogP contribution in [-0.4, -0.2) is 30.0 Å². The lowest BCUT2D eigenvalue weighted by molar-refractivity contribution is -0.129. The smallest absolute Gasteiger partial charge is 0.408 e. The predicted molar refractivity (Wildman–Crippen MR) is 93.0 cm³/mol. The molecule has 25 heavy (non-hydrogen) atoms. The Morgan fingerprint density at radius 2 is 1.84 bits per heavy atom. The summed E-state index contributed by atoms with van der Waals surface area (Å²) >= 11 is 0. The molecule has 0 unspecified atom stereocenters. The number of benzene rings is 1. The van der Waals surface area contributed by atoms with Crippen LogP contribution < -0.4 is 16.4 Å². The molecular formula is C18H23N3O4. The highest BCUT2D eigenvalue weighted by Crippen LogP contribution is 2.05. The van der Waals surface area contributed by atoms with Crippen molar-refractivity contribution in [3.8, 4) is 12.3 Å². The van der Waals surface area contributed by atoms with Gasteiger partial charge in [-0.3, -0.25) is 9.59 Å². The SMILES string of the molecule is C#CC[C@@H](NC(=O)[C@@H](NC(=O)OCc1ccccc1)C(C)C)C(N)=O. The zero-order chi connectivity index (χ0) is 18.8. The molecule has 1 rings (SSSR count). The predicted octanol–water partition coefficient (Wildman–Crippen LogP) is 0.931. The largest absolute Gasteiger partial charge is 0.445 e. The molecule has 1 aromatic carbocycles. The maximum absolute atomic E-state index is 12.3. The molecule has 0 heterocycles. The maximum atomic E-state index is 12.3. The van der Waals surface area contributed by atoms with Crippen molar-refractivity contribution in [1.82, 2.24) is 10.6 Å². The van der Waals surface area contributed by atoms with Gasteiger partial charge in [0.05, 0.1) is 0 Å². The molecule has 0 saturated heterocycles. The minimum Gasteiger partial charge on any atom is -0.445 e. The molecule has 0 fully saturated rings. The normalized spacial score (nSPS) is 12.6. The molecule has 1 aromatic rings. The first kappa shape index (κ1) is 20.0. The van der Waals surface area contributed by atoms with Gasteiger partial charge in [-0.05, 0) is 11.5 Å². The van der Waals surface area contributed by atoms with Crippen LogP contribution in [0.15, 0.2) is 30.3 Å². The summed E-state index contributed by atoms with van der Waals surface area (Å²) in [5, 5.41) is 4.95. The van der Waals surface area contributed by atoms with Gasteiger partial charge < -0.3 is 21.1 Å². The highest BCUT2D eigenvalue weighted by atomic mass is 16.5. The van der Waals surface area contributed by atoms with Crippen molar-refractivity contribution in [2.24, 2.45) is 11.7 Å². The first-order valence-electron chi connectivity index (χ1n) is 7.85. The Labute approximate surface area is 147 Å². The van der Waals surface area contributed by atoms with Crippen LogP contribution in [0, 0.1) is 18.3 Å². The third-order valence-corrected chi connectivity index (χ3v) is 3.42. The third kappa shape index (κ3) is 6.96. The molecule has 0 aliphatic heterocycles. The molecule has 0 spiro atoms. The summed E-state index contributed by atoms with van der Waals surface area (Å²) in [5.74, 6) is 0.756. The number of hydrogen-bond acceptors (Lipinski definition) is 4. The van der Waals surface area contributed by atoms with E-state index in [-0.39, 0.29) is 18.9 Å². The molecule has 3 amide bonds. The average Bonchev–Trinajstić information content (AvgIpc) is 2.57. The maximum Gasteiger partial charge on any atom is 0.408 e. The Morgan fingerprint density at radius 3 is 2.36 bits per heavy atom. The number of hydrogen-bond donors (Lipinski definition) is 3. The van der Waals surface area contributed by atoms with E-state index in [0.29, 0.717) is 0 Å². The minimum atomic E-state index is -0.985. The van der Waals surface area contributed by atoms with Gasteiger partial charge in [0.25, 0.3) is 0 Å². The summed E-state index contributed by atoms with van der Waals surface area (Å²) in [6, 6.07) is 7.28. The number of nitrogens with one attached hydrogen (secondary N) is 2. The molecule has 4 N–H and O–H groups in total. The van der Waals surface area contributed by atoms with Gasteiger partial charge in [0, 0.05) is 6.42 Å². The lowest BCUT2D eigenvalue weighted by Gasteiger charge is -2.23. The number of carbonyl (C=O) groups excluding carboxylic acids is 3. The van der Waals surface area contributed by atoms with Gasteiger partial charge in [-0.2, -0.15) is 0 Å². The summed E-state index contributed by atoms with van der Waals surface area (Å²) in [5.41, 5.74) is 6.02. The Kier molecular flexibility index (Phi) is 8.00. The van der Waals surface area contributed by atoms with Crippen molar-refractivity contribution in [3.63, 3.8) is 0 Å². The lowest BCUT2D eigenvalue weighted by Crippen LogP contribution is -2.54. The Morgan fingerprint density at radius 1 is 1.20 bits per heavy atom. The molecule has 0 aliphatic rings. The van der Waals surface area contributed by atoms with Gasteiger partial charge in [0.15, 0.2) is 0 Å². The zero-order valence-corrected chi connectivity index (χ0v) is 14.3. The van der Waals surface area contributed by atoms with Gasteiger partial charge in [-0.25, -0.2) is 4.79 Å². The van der Waals surface area contributed by atoms with Crippen LogP contribution in [0.5, 0.6) is 0 Å². The fourth-order valence-electron chi connectivity index (χ4n) is 2.03. The third-order valence-electron chi connectivity index (χ3n) is 3.42. The molecule has 0 radical (unpaired) electrons. The second-order valence-corrected chi connectivity index (χ2v) is 5.80. The van der Waals surface area contributed by atoms with Gasteiger partial charge in [0.2, 0.25) is 11.8 Å².